The van der Waals surface area contributed by atoms with Crippen LogP contribution in [-0.4, -0.2) is 36.1 Å². The Morgan fingerprint density at radius 1 is 1.25 bits per heavy atom. The molecule has 2 nitrogen and oxygen atoms in total. The van der Waals surface area contributed by atoms with Crippen molar-refractivity contribution in [3.05, 3.63) is 12.2 Å². The van der Waals surface area contributed by atoms with Gasteiger partial charge in [-0.3, -0.25) is 4.90 Å². The van der Waals surface area contributed by atoms with Crippen LogP contribution in [0.1, 0.15) is 46.0 Å². The van der Waals surface area contributed by atoms with E-state index in [0.717, 1.165) is 24.7 Å². The molecule has 2 unspecified atom stereocenters. The third-order valence-electron chi connectivity index (χ3n) is 4.05. The van der Waals surface area contributed by atoms with Crippen molar-refractivity contribution in [3.8, 4) is 0 Å². The summed E-state index contributed by atoms with van der Waals surface area (Å²) in [6.07, 6.45) is 11.3. The SMILES string of the molecule is CC=CCN(CCC)C1CC2CCC(C1)N2. The Morgan fingerprint density at radius 2 is 1.94 bits per heavy atom. The van der Waals surface area contributed by atoms with Gasteiger partial charge in [-0.05, 0) is 45.6 Å². The van der Waals surface area contributed by atoms with Crippen molar-refractivity contribution in [2.24, 2.45) is 0 Å². The molecule has 0 amide bonds. The van der Waals surface area contributed by atoms with Crippen LogP contribution in [0.4, 0.5) is 0 Å². The van der Waals surface area contributed by atoms with Crippen LogP contribution in [0.2, 0.25) is 0 Å². The molecule has 0 aromatic heterocycles. The quantitative estimate of drug-likeness (QED) is 0.719. The summed E-state index contributed by atoms with van der Waals surface area (Å²) in [5.41, 5.74) is 0. The number of hydrogen-bond donors (Lipinski definition) is 1. The van der Waals surface area contributed by atoms with E-state index in [-0.39, 0.29) is 0 Å². The highest BCUT2D eigenvalue weighted by molar-refractivity contribution is 4.97. The summed E-state index contributed by atoms with van der Waals surface area (Å²) in [6, 6.07) is 2.46. The lowest BCUT2D eigenvalue weighted by Crippen LogP contribution is -2.48. The Bertz CT molecular complexity index is 225. The number of nitrogens with zero attached hydrogens (tertiary/aromatic N) is 1. The third-order valence-corrected chi connectivity index (χ3v) is 4.05. The molecule has 2 rings (SSSR count). The molecule has 16 heavy (non-hydrogen) atoms. The second-order valence-electron chi connectivity index (χ2n) is 5.33. The van der Waals surface area contributed by atoms with E-state index in [4.69, 9.17) is 0 Å². The largest absolute Gasteiger partial charge is 0.311 e. The normalized spacial score (nSPS) is 34.1. The van der Waals surface area contributed by atoms with E-state index in [9.17, 15) is 0 Å². The first-order chi connectivity index (χ1) is 7.83. The lowest BCUT2D eigenvalue weighted by Gasteiger charge is -2.37. The molecule has 2 bridgehead atoms. The van der Waals surface area contributed by atoms with Gasteiger partial charge >= 0.3 is 0 Å². The van der Waals surface area contributed by atoms with Gasteiger partial charge in [-0.2, -0.15) is 0 Å². The van der Waals surface area contributed by atoms with E-state index in [2.05, 4.69) is 36.2 Å². The fraction of sp³-hybridized carbons (Fsp3) is 0.857. The first kappa shape index (κ1) is 12.1. The summed E-state index contributed by atoms with van der Waals surface area (Å²) in [6.45, 7) is 6.82. The molecular formula is C14H26N2. The highest BCUT2D eigenvalue weighted by Gasteiger charge is 2.35. The van der Waals surface area contributed by atoms with Gasteiger partial charge in [0.1, 0.15) is 0 Å². The average molecular weight is 222 g/mol. The third kappa shape index (κ3) is 2.86. The molecule has 0 spiro atoms. The highest BCUT2D eigenvalue weighted by atomic mass is 15.2. The zero-order chi connectivity index (χ0) is 11.4. The molecule has 0 radical (unpaired) electrons. The molecule has 1 N–H and O–H groups in total. The molecule has 2 heterocycles. The summed E-state index contributed by atoms with van der Waals surface area (Å²) in [7, 11) is 0. The second-order valence-corrected chi connectivity index (χ2v) is 5.33. The molecule has 0 aromatic carbocycles. The maximum absolute atomic E-state index is 3.73. The van der Waals surface area contributed by atoms with Crippen LogP contribution in [0.25, 0.3) is 0 Å². The molecule has 2 saturated heterocycles. The van der Waals surface area contributed by atoms with Crippen LogP contribution < -0.4 is 5.32 Å². The number of hydrogen-bond acceptors (Lipinski definition) is 2. The van der Waals surface area contributed by atoms with Crippen LogP contribution in [0.5, 0.6) is 0 Å². The molecular weight excluding hydrogens is 196 g/mol. The molecule has 2 heteroatoms. The summed E-state index contributed by atoms with van der Waals surface area (Å²) < 4.78 is 0. The summed E-state index contributed by atoms with van der Waals surface area (Å²) >= 11 is 0. The van der Waals surface area contributed by atoms with Crippen LogP contribution in [0.15, 0.2) is 12.2 Å². The van der Waals surface area contributed by atoms with Gasteiger partial charge in [-0.15, -0.1) is 0 Å². The smallest absolute Gasteiger partial charge is 0.0166 e. The zero-order valence-electron chi connectivity index (χ0n) is 10.8. The number of allylic oxidation sites excluding steroid dienone is 1. The number of fused-ring (bicyclic) bond motifs is 2. The van der Waals surface area contributed by atoms with Crippen molar-refractivity contribution in [2.45, 2.75) is 64.1 Å². The molecule has 0 saturated carbocycles. The summed E-state index contributed by atoms with van der Waals surface area (Å²) in [5.74, 6) is 0. The maximum Gasteiger partial charge on any atom is 0.0166 e. The van der Waals surface area contributed by atoms with E-state index in [1.807, 2.05) is 0 Å². The Hall–Kier alpha value is -0.340. The molecule has 2 aliphatic rings. The number of piperidine rings is 1. The average Bonchev–Trinajstić information content (AvgIpc) is 2.63. The van der Waals surface area contributed by atoms with E-state index in [1.165, 1.54) is 38.6 Å². The highest BCUT2D eigenvalue weighted by Crippen LogP contribution is 2.29. The zero-order valence-corrected chi connectivity index (χ0v) is 10.8. The summed E-state index contributed by atoms with van der Waals surface area (Å²) in [5, 5.41) is 3.73. The maximum atomic E-state index is 3.73. The predicted octanol–water partition coefficient (Wildman–Crippen LogP) is 2.56. The van der Waals surface area contributed by atoms with Crippen LogP contribution in [-0.2, 0) is 0 Å². The molecule has 2 fully saturated rings. The van der Waals surface area contributed by atoms with Gasteiger partial charge in [-0.1, -0.05) is 19.1 Å². The first-order valence-electron chi connectivity index (χ1n) is 6.94. The van der Waals surface area contributed by atoms with Gasteiger partial charge < -0.3 is 5.32 Å². The molecule has 0 aliphatic carbocycles. The number of nitrogens with one attached hydrogen (secondary N) is 1. The van der Waals surface area contributed by atoms with Crippen molar-refractivity contribution < 1.29 is 0 Å². The van der Waals surface area contributed by atoms with Crippen LogP contribution >= 0.6 is 0 Å². The molecule has 92 valence electrons. The lowest BCUT2D eigenvalue weighted by molar-refractivity contribution is 0.155. The molecule has 2 atom stereocenters. The second kappa shape index (κ2) is 5.83. The minimum absolute atomic E-state index is 0.814. The van der Waals surface area contributed by atoms with Crippen molar-refractivity contribution in [3.63, 3.8) is 0 Å². The van der Waals surface area contributed by atoms with Gasteiger partial charge in [0.05, 0.1) is 0 Å². The monoisotopic (exact) mass is 222 g/mol. The Balaban J connectivity index is 1.91. The van der Waals surface area contributed by atoms with E-state index in [0.29, 0.717) is 0 Å². The van der Waals surface area contributed by atoms with Crippen molar-refractivity contribution >= 4 is 0 Å². The van der Waals surface area contributed by atoms with Crippen molar-refractivity contribution in [2.75, 3.05) is 13.1 Å². The Labute approximate surface area is 100 Å². The molecule has 0 aromatic rings. The first-order valence-corrected chi connectivity index (χ1v) is 6.94. The van der Waals surface area contributed by atoms with Crippen LogP contribution in [0, 0.1) is 0 Å². The van der Waals surface area contributed by atoms with E-state index in [1.54, 1.807) is 0 Å². The van der Waals surface area contributed by atoms with E-state index >= 15 is 0 Å². The lowest BCUT2D eigenvalue weighted by atomic mass is 9.98. The Morgan fingerprint density at radius 3 is 2.50 bits per heavy atom. The molecule has 2 aliphatic heterocycles. The fourth-order valence-corrected chi connectivity index (χ4v) is 3.28. The van der Waals surface area contributed by atoms with Gasteiger partial charge in [0.15, 0.2) is 0 Å². The van der Waals surface area contributed by atoms with Gasteiger partial charge in [0.25, 0.3) is 0 Å². The van der Waals surface area contributed by atoms with Crippen molar-refractivity contribution in [1.82, 2.24) is 10.2 Å². The predicted molar refractivity (Wildman–Crippen MR) is 69.6 cm³/mol. The standard InChI is InChI=1S/C14H26N2/c1-3-5-9-16(8-4-2)14-10-12-6-7-13(11-14)15-12/h3,5,12-15H,4,6-11H2,1-2H3. The van der Waals surface area contributed by atoms with Gasteiger partial charge in [-0.25, -0.2) is 0 Å². The van der Waals surface area contributed by atoms with Crippen LogP contribution in [0.3, 0.4) is 0 Å². The summed E-state index contributed by atoms with van der Waals surface area (Å²) in [4.78, 5) is 2.69. The fourth-order valence-electron chi connectivity index (χ4n) is 3.28. The van der Waals surface area contributed by atoms with E-state index < -0.39 is 0 Å². The van der Waals surface area contributed by atoms with Gasteiger partial charge in [0, 0.05) is 24.7 Å². The minimum atomic E-state index is 0.814. The van der Waals surface area contributed by atoms with Crippen molar-refractivity contribution in [1.29, 1.82) is 0 Å². The minimum Gasteiger partial charge on any atom is -0.311 e. The Kier molecular flexibility index (Phi) is 4.42. The van der Waals surface area contributed by atoms with Gasteiger partial charge in [0.2, 0.25) is 0 Å². The number of rotatable bonds is 5. The topological polar surface area (TPSA) is 15.3 Å².